The molecule has 4 atom stereocenters. The second-order valence-corrected chi connectivity index (χ2v) is 6.83. The number of nitrogens with zero attached hydrogens (tertiary/aromatic N) is 2. The van der Waals surface area contributed by atoms with E-state index in [1.54, 1.807) is 24.3 Å². The Balaban J connectivity index is 1.68. The highest BCUT2D eigenvalue weighted by Gasteiger charge is 2.57. The van der Waals surface area contributed by atoms with Gasteiger partial charge in [0.2, 0.25) is 0 Å². The molecule has 2 aromatic rings. The largest absolute Gasteiger partial charge is 0.861 e. The number of amides is 1. The van der Waals surface area contributed by atoms with Crippen molar-refractivity contribution in [3.63, 3.8) is 0 Å². The molecular formula is C21H15N2O3-. The molecule has 0 spiro atoms. The molecule has 5 rings (SSSR count). The summed E-state index contributed by atoms with van der Waals surface area (Å²) in [4.78, 5) is 31.3. The summed E-state index contributed by atoms with van der Waals surface area (Å²) in [6.07, 6.45) is 3.88. The van der Waals surface area contributed by atoms with Gasteiger partial charge in [-0.3, -0.25) is 9.59 Å². The Labute approximate surface area is 150 Å². The first kappa shape index (κ1) is 15.1. The number of aliphatic imine (C=N–C) groups is 1. The van der Waals surface area contributed by atoms with Gasteiger partial charge in [0.1, 0.15) is 6.04 Å². The van der Waals surface area contributed by atoms with Crippen LogP contribution in [-0.2, 0) is 4.79 Å². The van der Waals surface area contributed by atoms with Crippen molar-refractivity contribution < 1.29 is 14.7 Å². The van der Waals surface area contributed by atoms with Crippen molar-refractivity contribution in [1.29, 1.82) is 0 Å². The van der Waals surface area contributed by atoms with Crippen LogP contribution in [0.1, 0.15) is 15.9 Å². The molecule has 1 amide bonds. The second kappa shape index (κ2) is 5.39. The van der Waals surface area contributed by atoms with E-state index in [9.17, 15) is 14.7 Å². The van der Waals surface area contributed by atoms with Crippen molar-refractivity contribution in [2.45, 2.75) is 12.1 Å². The standard InChI is InChI=1S/C21H16N2O3/c24-19(13-7-2-1-3-8-13)18-17-16(20(25)22-21(17)26)15-11-10-12-6-4-5-9-14(12)23(15)18/h1-11,15-18H,(H,22,25,26)/p-1/t15-,16-,17-,18+/m1/s1. The Morgan fingerprint density at radius 2 is 1.73 bits per heavy atom. The number of anilines is 1. The lowest BCUT2D eigenvalue weighted by Gasteiger charge is -2.36. The van der Waals surface area contributed by atoms with Crippen LogP contribution in [0.2, 0.25) is 0 Å². The van der Waals surface area contributed by atoms with E-state index in [1.807, 2.05) is 47.4 Å². The van der Waals surface area contributed by atoms with Gasteiger partial charge in [-0.25, -0.2) is 4.99 Å². The number of carbonyl (C=O) groups is 2. The molecular weight excluding hydrogens is 328 g/mol. The molecule has 3 aliphatic rings. The number of Topliss-reactive ketones (excluding diaryl/α,β-unsaturated/α-hetero) is 1. The lowest BCUT2D eigenvalue weighted by Crippen LogP contribution is -2.47. The maximum atomic E-state index is 13.3. The van der Waals surface area contributed by atoms with Crippen molar-refractivity contribution >= 4 is 29.4 Å². The first-order valence-corrected chi connectivity index (χ1v) is 8.61. The van der Waals surface area contributed by atoms with Gasteiger partial charge in [-0.05, 0) is 17.5 Å². The average molecular weight is 343 g/mol. The minimum absolute atomic E-state index is 0.147. The van der Waals surface area contributed by atoms with E-state index in [0.717, 1.165) is 11.3 Å². The highest BCUT2D eigenvalue weighted by atomic mass is 16.3. The third-order valence-electron chi connectivity index (χ3n) is 5.52. The summed E-state index contributed by atoms with van der Waals surface area (Å²) in [5.74, 6) is -2.36. The van der Waals surface area contributed by atoms with Gasteiger partial charge in [0, 0.05) is 17.2 Å². The number of para-hydroxylation sites is 1. The summed E-state index contributed by atoms with van der Waals surface area (Å²) in [6, 6.07) is 15.6. The Kier molecular flexibility index (Phi) is 3.13. The van der Waals surface area contributed by atoms with Crippen molar-refractivity contribution in [2.24, 2.45) is 16.8 Å². The Bertz CT molecular complexity index is 980. The van der Waals surface area contributed by atoms with Crippen LogP contribution in [0.3, 0.4) is 0 Å². The molecule has 5 heteroatoms. The summed E-state index contributed by atoms with van der Waals surface area (Å²) < 4.78 is 0. The van der Waals surface area contributed by atoms with E-state index in [4.69, 9.17) is 0 Å². The maximum absolute atomic E-state index is 13.3. The number of ketones is 1. The van der Waals surface area contributed by atoms with Gasteiger partial charge in [0.05, 0.1) is 12.0 Å². The number of benzene rings is 2. The van der Waals surface area contributed by atoms with E-state index in [1.165, 1.54) is 0 Å². The van der Waals surface area contributed by atoms with Gasteiger partial charge in [0.15, 0.2) is 5.78 Å². The van der Waals surface area contributed by atoms with E-state index in [-0.39, 0.29) is 11.8 Å². The lowest BCUT2D eigenvalue weighted by molar-refractivity contribution is -0.222. The van der Waals surface area contributed by atoms with Crippen LogP contribution < -0.4 is 10.0 Å². The first-order valence-electron chi connectivity index (χ1n) is 8.61. The molecule has 0 radical (unpaired) electrons. The fourth-order valence-corrected chi connectivity index (χ4v) is 4.44. The molecule has 0 aliphatic carbocycles. The zero-order chi connectivity index (χ0) is 17.8. The summed E-state index contributed by atoms with van der Waals surface area (Å²) >= 11 is 0. The minimum atomic E-state index is -0.726. The smallest absolute Gasteiger partial charge is 0.251 e. The number of carbonyl (C=O) groups excluding carboxylic acids is 2. The fraction of sp³-hybridized carbons (Fsp3) is 0.190. The lowest BCUT2D eigenvalue weighted by atomic mass is 9.85. The molecule has 26 heavy (non-hydrogen) atoms. The first-order chi connectivity index (χ1) is 12.7. The van der Waals surface area contributed by atoms with Gasteiger partial charge in [-0.15, -0.1) is 0 Å². The Morgan fingerprint density at radius 1 is 1.00 bits per heavy atom. The van der Waals surface area contributed by atoms with E-state index < -0.39 is 29.7 Å². The predicted molar refractivity (Wildman–Crippen MR) is 95.7 cm³/mol. The highest BCUT2D eigenvalue weighted by Crippen LogP contribution is 2.47. The average Bonchev–Trinajstić information content (AvgIpc) is 3.17. The second-order valence-electron chi connectivity index (χ2n) is 6.83. The van der Waals surface area contributed by atoms with Crippen molar-refractivity contribution in [1.82, 2.24) is 0 Å². The van der Waals surface area contributed by atoms with E-state index in [0.29, 0.717) is 5.56 Å². The zero-order valence-corrected chi connectivity index (χ0v) is 13.8. The molecule has 2 aromatic carbocycles. The van der Waals surface area contributed by atoms with Crippen LogP contribution in [0.4, 0.5) is 5.69 Å². The fourth-order valence-electron chi connectivity index (χ4n) is 4.44. The van der Waals surface area contributed by atoms with Crippen molar-refractivity contribution in [3.05, 3.63) is 71.8 Å². The molecule has 0 N–H and O–H groups in total. The maximum Gasteiger partial charge on any atom is 0.251 e. The van der Waals surface area contributed by atoms with Crippen molar-refractivity contribution in [2.75, 3.05) is 4.90 Å². The summed E-state index contributed by atoms with van der Waals surface area (Å²) in [5.41, 5.74) is 2.40. The summed E-state index contributed by atoms with van der Waals surface area (Å²) in [6.45, 7) is 0. The Hall–Kier alpha value is -3.21. The molecule has 1 saturated heterocycles. The van der Waals surface area contributed by atoms with E-state index >= 15 is 0 Å². The number of rotatable bonds is 2. The number of hydrogen-bond acceptors (Lipinski definition) is 4. The van der Waals surface area contributed by atoms with Crippen LogP contribution in [0.15, 0.2) is 65.7 Å². The monoisotopic (exact) mass is 343 g/mol. The highest BCUT2D eigenvalue weighted by molar-refractivity contribution is 6.11. The molecule has 5 nitrogen and oxygen atoms in total. The van der Waals surface area contributed by atoms with Gasteiger partial charge < -0.3 is 10.0 Å². The van der Waals surface area contributed by atoms with Crippen LogP contribution in [0, 0.1) is 11.8 Å². The molecule has 3 heterocycles. The molecule has 0 aromatic heterocycles. The van der Waals surface area contributed by atoms with Gasteiger partial charge in [-0.2, -0.15) is 0 Å². The molecule has 128 valence electrons. The van der Waals surface area contributed by atoms with E-state index in [2.05, 4.69) is 4.99 Å². The minimum Gasteiger partial charge on any atom is -0.861 e. The van der Waals surface area contributed by atoms with Crippen LogP contribution in [0.5, 0.6) is 0 Å². The quantitative estimate of drug-likeness (QED) is 0.778. The summed E-state index contributed by atoms with van der Waals surface area (Å²) in [7, 11) is 0. The zero-order valence-electron chi connectivity index (χ0n) is 13.8. The van der Waals surface area contributed by atoms with Gasteiger partial charge in [0.25, 0.3) is 5.91 Å². The third kappa shape index (κ3) is 1.94. The number of fused-ring (bicyclic) bond motifs is 5. The van der Waals surface area contributed by atoms with Gasteiger partial charge in [-0.1, -0.05) is 60.7 Å². The molecule has 3 aliphatic heterocycles. The van der Waals surface area contributed by atoms with Crippen LogP contribution >= 0.6 is 0 Å². The number of hydrogen-bond donors (Lipinski definition) is 0. The third-order valence-corrected chi connectivity index (χ3v) is 5.52. The molecule has 0 unspecified atom stereocenters. The van der Waals surface area contributed by atoms with Gasteiger partial charge >= 0.3 is 0 Å². The van der Waals surface area contributed by atoms with Crippen molar-refractivity contribution in [3.8, 4) is 0 Å². The molecule has 1 fully saturated rings. The van der Waals surface area contributed by atoms with Crippen LogP contribution in [-0.4, -0.2) is 29.7 Å². The Morgan fingerprint density at radius 3 is 2.54 bits per heavy atom. The molecule has 0 bridgehead atoms. The normalized spacial score (nSPS) is 28.4. The SMILES string of the molecule is O=C1N=C([O-])[C@@H]2[C@H]1[C@H]1C=Cc3ccccc3N1[C@@H]2C(=O)c1ccccc1. The molecule has 0 saturated carbocycles. The summed E-state index contributed by atoms with van der Waals surface area (Å²) in [5, 5.41) is 12.5. The van der Waals surface area contributed by atoms with Crippen LogP contribution in [0.25, 0.3) is 6.08 Å². The topological polar surface area (TPSA) is 72.8 Å². The predicted octanol–water partition coefficient (Wildman–Crippen LogP) is 1.68.